The number of hydrogen-bond acceptors (Lipinski definition) is 7. The number of aromatic nitrogens is 5. The third-order valence-corrected chi connectivity index (χ3v) is 4.81. The zero-order valence-corrected chi connectivity index (χ0v) is 16.0. The van der Waals surface area contributed by atoms with E-state index in [4.69, 9.17) is 4.74 Å². The zero-order chi connectivity index (χ0) is 19.5. The molecule has 146 valence electrons. The average molecular weight is 381 g/mol. The van der Waals surface area contributed by atoms with E-state index in [1.165, 1.54) is 6.33 Å². The van der Waals surface area contributed by atoms with Crippen LogP contribution >= 0.6 is 0 Å². The lowest BCUT2D eigenvalue weighted by atomic mass is 10.0. The van der Waals surface area contributed by atoms with E-state index in [1.54, 1.807) is 16.8 Å². The molecule has 0 saturated carbocycles. The number of rotatable bonds is 5. The minimum Gasteiger partial charge on any atom is -0.478 e. The van der Waals surface area contributed by atoms with Crippen LogP contribution in [0.4, 0.5) is 5.82 Å². The molecule has 1 N–H and O–H groups in total. The summed E-state index contributed by atoms with van der Waals surface area (Å²) in [5.74, 6) is 1.28. The molecule has 0 atom stereocenters. The van der Waals surface area contributed by atoms with E-state index in [0.717, 1.165) is 24.4 Å². The van der Waals surface area contributed by atoms with Gasteiger partial charge in [-0.3, -0.25) is 4.79 Å². The Bertz CT molecular complexity index is 979. The number of anilines is 1. The highest BCUT2D eigenvalue weighted by atomic mass is 16.5. The van der Waals surface area contributed by atoms with Gasteiger partial charge in [0.15, 0.2) is 5.65 Å². The molecule has 4 rings (SSSR count). The van der Waals surface area contributed by atoms with Crippen molar-refractivity contribution in [2.75, 3.05) is 25.0 Å². The van der Waals surface area contributed by atoms with Gasteiger partial charge in [-0.25, -0.2) is 19.5 Å². The van der Waals surface area contributed by atoms with Gasteiger partial charge in [0.05, 0.1) is 12.8 Å². The number of hydrogen-bond donors (Lipinski definition) is 1. The molecule has 0 radical (unpaired) electrons. The number of ether oxygens (including phenoxy) is 1. The number of nitrogens with one attached hydrogen (secondary N) is 1. The number of likely N-dealkylation sites (tertiary alicyclic amines) is 1. The van der Waals surface area contributed by atoms with Gasteiger partial charge in [0.1, 0.15) is 17.7 Å². The van der Waals surface area contributed by atoms with Crippen molar-refractivity contribution in [3.63, 3.8) is 0 Å². The minimum absolute atomic E-state index is 0.0211. The summed E-state index contributed by atoms with van der Waals surface area (Å²) in [6.45, 7) is 5.73. The van der Waals surface area contributed by atoms with Gasteiger partial charge in [-0.15, -0.1) is 0 Å². The fourth-order valence-electron chi connectivity index (χ4n) is 3.36. The molecule has 1 saturated heterocycles. The Balaban J connectivity index is 1.39. The van der Waals surface area contributed by atoms with Gasteiger partial charge in [0, 0.05) is 37.1 Å². The lowest BCUT2D eigenvalue weighted by molar-refractivity contribution is 0.0720. The van der Waals surface area contributed by atoms with Crippen LogP contribution in [0.3, 0.4) is 0 Å². The molecule has 9 nitrogen and oxygen atoms in total. The van der Waals surface area contributed by atoms with Crippen molar-refractivity contribution in [1.29, 1.82) is 0 Å². The summed E-state index contributed by atoms with van der Waals surface area (Å²) >= 11 is 0. The molecular formula is C19H23N7O2. The van der Waals surface area contributed by atoms with E-state index in [-0.39, 0.29) is 11.9 Å². The lowest BCUT2D eigenvalue weighted by Crippen LogP contribution is -2.42. The first-order chi connectivity index (χ1) is 13.6. The molecule has 0 spiro atoms. The molecule has 3 aromatic heterocycles. The van der Waals surface area contributed by atoms with E-state index in [9.17, 15) is 4.79 Å². The Hall–Kier alpha value is -3.23. The Kier molecular flexibility index (Phi) is 5.05. The van der Waals surface area contributed by atoms with Crippen molar-refractivity contribution in [3.8, 4) is 5.88 Å². The first-order valence-corrected chi connectivity index (χ1v) is 9.45. The molecule has 1 aliphatic rings. The number of nitrogens with zero attached hydrogens (tertiary/aromatic N) is 6. The SMILES string of the molecule is CCOc1cc(NC2CCN(C(=O)c3cnn4ccc(C)nc34)CC2)ncn1. The summed E-state index contributed by atoms with van der Waals surface area (Å²) in [6.07, 6.45) is 6.59. The summed E-state index contributed by atoms with van der Waals surface area (Å²) < 4.78 is 7.05. The van der Waals surface area contributed by atoms with Gasteiger partial charge < -0.3 is 15.0 Å². The molecule has 0 unspecified atom stereocenters. The molecule has 4 heterocycles. The third-order valence-electron chi connectivity index (χ3n) is 4.81. The highest BCUT2D eigenvalue weighted by molar-refractivity contribution is 5.99. The summed E-state index contributed by atoms with van der Waals surface area (Å²) in [6, 6.07) is 3.92. The van der Waals surface area contributed by atoms with Crippen LogP contribution in [0.5, 0.6) is 5.88 Å². The van der Waals surface area contributed by atoms with E-state index in [1.807, 2.05) is 31.0 Å². The number of carbonyl (C=O) groups excluding carboxylic acids is 1. The first kappa shape index (κ1) is 18.1. The zero-order valence-electron chi connectivity index (χ0n) is 16.0. The lowest BCUT2D eigenvalue weighted by Gasteiger charge is -2.32. The number of carbonyl (C=O) groups is 1. The predicted molar refractivity (Wildman–Crippen MR) is 103 cm³/mol. The summed E-state index contributed by atoms with van der Waals surface area (Å²) in [5.41, 5.74) is 2.02. The monoisotopic (exact) mass is 381 g/mol. The molecule has 1 aliphatic heterocycles. The van der Waals surface area contributed by atoms with Crippen LogP contribution in [0.15, 0.2) is 30.9 Å². The maximum absolute atomic E-state index is 12.9. The smallest absolute Gasteiger partial charge is 0.259 e. The normalized spacial score (nSPS) is 15.0. The molecule has 0 aromatic carbocycles. The predicted octanol–water partition coefficient (Wildman–Crippen LogP) is 1.94. The largest absolute Gasteiger partial charge is 0.478 e. The van der Waals surface area contributed by atoms with E-state index < -0.39 is 0 Å². The molecule has 0 bridgehead atoms. The molecule has 0 aliphatic carbocycles. The van der Waals surface area contributed by atoms with Gasteiger partial charge in [0.2, 0.25) is 5.88 Å². The maximum Gasteiger partial charge on any atom is 0.259 e. The second kappa shape index (κ2) is 7.79. The van der Waals surface area contributed by atoms with Crippen LogP contribution in [0.2, 0.25) is 0 Å². The van der Waals surface area contributed by atoms with Crippen LogP contribution in [0.25, 0.3) is 5.65 Å². The van der Waals surface area contributed by atoms with Gasteiger partial charge in [-0.2, -0.15) is 5.10 Å². The van der Waals surface area contributed by atoms with Crippen LogP contribution in [0, 0.1) is 6.92 Å². The highest BCUT2D eigenvalue weighted by Crippen LogP contribution is 2.20. The number of aryl methyl sites for hydroxylation is 1. The first-order valence-electron chi connectivity index (χ1n) is 9.45. The molecule has 1 fully saturated rings. The quantitative estimate of drug-likeness (QED) is 0.721. The van der Waals surface area contributed by atoms with Crippen molar-refractivity contribution in [1.82, 2.24) is 29.5 Å². The third kappa shape index (κ3) is 3.73. The summed E-state index contributed by atoms with van der Waals surface area (Å²) in [7, 11) is 0. The number of piperidine rings is 1. The van der Waals surface area contributed by atoms with Crippen LogP contribution in [0.1, 0.15) is 35.8 Å². The van der Waals surface area contributed by atoms with E-state index in [2.05, 4.69) is 25.4 Å². The average Bonchev–Trinajstić information content (AvgIpc) is 3.11. The van der Waals surface area contributed by atoms with Gasteiger partial charge >= 0.3 is 0 Å². The van der Waals surface area contributed by atoms with Crippen molar-refractivity contribution in [2.45, 2.75) is 32.7 Å². The Morgan fingerprint density at radius 1 is 1.32 bits per heavy atom. The second-order valence-corrected chi connectivity index (χ2v) is 6.78. The fraction of sp³-hybridized carbons (Fsp3) is 0.421. The summed E-state index contributed by atoms with van der Waals surface area (Å²) in [5, 5.41) is 7.65. The van der Waals surface area contributed by atoms with Crippen molar-refractivity contribution in [2.24, 2.45) is 0 Å². The molecule has 1 amide bonds. The molecule has 9 heteroatoms. The van der Waals surface area contributed by atoms with Crippen LogP contribution in [-0.4, -0.2) is 61.1 Å². The van der Waals surface area contributed by atoms with E-state index >= 15 is 0 Å². The highest BCUT2D eigenvalue weighted by Gasteiger charge is 2.26. The van der Waals surface area contributed by atoms with Gasteiger partial charge in [0.25, 0.3) is 5.91 Å². The Morgan fingerprint density at radius 2 is 2.14 bits per heavy atom. The molecule has 3 aromatic rings. The van der Waals surface area contributed by atoms with Crippen molar-refractivity contribution in [3.05, 3.63) is 42.1 Å². The van der Waals surface area contributed by atoms with Crippen LogP contribution < -0.4 is 10.1 Å². The minimum atomic E-state index is -0.0211. The molecule has 28 heavy (non-hydrogen) atoms. The fourth-order valence-corrected chi connectivity index (χ4v) is 3.36. The van der Waals surface area contributed by atoms with Gasteiger partial charge in [-0.05, 0) is 32.8 Å². The van der Waals surface area contributed by atoms with Gasteiger partial charge in [-0.1, -0.05) is 0 Å². The molecular weight excluding hydrogens is 358 g/mol. The van der Waals surface area contributed by atoms with E-state index in [0.29, 0.717) is 36.8 Å². The van der Waals surface area contributed by atoms with Crippen molar-refractivity contribution < 1.29 is 9.53 Å². The number of amides is 1. The summed E-state index contributed by atoms with van der Waals surface area (Å²) in [4.78, 5) is 27.6. The number of fused-ring (bicyclic) bond motifs is 1. The topological polar surface area (TPSA) is 97.5 Å². The standard InChI is InChI=1S/C19H23N7O2/c1-3-28-17-10-16(20-12-21-17)24-14-5-7-25(8-6-14)19(27)15-11-22-26-9-4-13(2)23-18(15)26/h4,9-12,14H,3,5-8H2,1-2H3,(H,20,21,24). The Morgan fingerprint density at radius 3 is 2.93 bits per heavy atom. The van der Waals surface area contributed by atoms with Crippen LogP contribution in [-0.2, 0) is 0 Å². The maximum atomic E-state index is 12.9. The van der Waals surface area contributed by atoms with Crippen molar-refractivity contribution >= 4 is 17.4 Å². The second-order valence-electron chi connectivity index (χ2n) is 6.78. The Labute approximate surface area is 162 Å².